The van der Waals surface area contributed by atoms with Crippen LogP contribution in [0.25, 0.3) is 0 Å². The molecule has 106 valence electrons. The number of nitrogens with one attached hydrogen (secondary N) is 3. The molecule has 0 unspecified atom stereocenters. The number of amides is 1. The minimum atomic E-state index is -0.907. The summed E-state index contributed by atoms with van der Waals surface area (Å²) in [5.41, 5.74) is 0. The van der Waals surface area contributed by atoms with Crippen LogP contribution in [-0.4, -0.2) is 74.6 Å². The Hall–Kier alpha value is -1.22. The van der Waals surface area contributed by atoms with Crippen molar-refractivity contribution >= 4 is 11.9 Å². The van der Waals surface area contributed by atoms with Crippen molar-refractivity contribution in [3.63, 3.8) is 0 Å². The standard InChI is InChI=1S/C10H21N3O5/c14-4-6-18-5-3-13-9(15)7-11-1-2-12-8-10(16)17/h11-12,14H,1-8H2,(H,13,15)(H,16,17). The first kappa shape index (κ1) is 16.8. The van der Waals surface area contributed by atoms with Gasteiger partial charge in [0.05, 0.1) is 32.9 Å². The molecule has 0 heterocycles. The lowest BCUT2D eigenvalue weighted by atomic mass is 10.5. The molecule has 0 aliphatic rings. The van der Waals surface area contributed by atoms with E-state index in [-0.39, 0.29) is 32.2 Å². The molecule has 0 atom stereocenters. The Labute approximate surface area is 106 Å². The molecule has 1 amide bonds. The first-order valence-electron chi connectivity index (χ1n) is 5.75. The summed E-state index contributed by atoms with van der Waals surface area (Å²) in [6.07, 6.45) is 0. The number of carboxylic acids is 1. The molecule has 8 heteroatoms. The van der Waals surface area contributed by atoms with Gasteiger partial charge in [-0.1, -0.05) is 0 Å². The summed E-state index contributed by atoms with van der Waals surface area (Å²) in [6, 6.07) is 0. The molecule has 0 aromatic heterocycles. The number of hydrogen-bond donors (Lipinski definition) is 5. The maximum Gasteiger partial charge on any atom is 0.317 e. The highest BCUT2D eigenvalue weighted by Crippen LogP contribution is 1.72. The van der Waals surface area contributed by atoms with Gasteiger partial charge in [-0.3, -0.25) is 9.59 Å². The van der Waals surface area contributed by atoms with Gasteiger partial charge in [0, 0.05) is 19.6 Å². The Morgan fingerprint density at radius 1 is 1.00 bits per heavy atom. The molecule has 0 bridgehead atoms. The van der Waals surface area contributed by atoms with Gasteiger partial charge in [-0.2, -0.15) is 0 Å². The van der Waals surface area contributed by atoms with Crippen molar-refractivity contribution < 1.29 is 24.5 Å². The SMILES string of the molecule is O=C(O)CNCCNCC(=O)NCCOCCO. The zero-order chi connectivity index (χ0) is 13.6. The van der Waals surface area contributed by atoms with Crippen LogP contribution in [0, 0.1) is 0 Å². The minimum absolute atomic E-state index is 0.0289. The van der Waals surface area contributed by atoms with Crippen LogP contribution in [0.15, 0.2) is 0 Å². The third-order valence-electron chi connectivity index (χ3n) is 1.84. The van der Waals surface area contributed by atoms with Gasteiger partial charge in [0.1, 0.15) is 0 Å². The molecule has 0 radical (unpaired) electrons. The molecule has 18 heavy (non-hydrogen) atoms. The summed E-state index contributed by atoms with van der Waals surface area (Å²) in [7, 11) is 0. The van der Waals surface area contributed by atoms with Crippen molar-refractivity contribution in [3.05, 3.63) is 0 Å². The van der Waals surface area contributed by atoms with Crippen molar-refractivity contribution in [1.29, 1.82) is 0 Å². The zero-order valence-electron chi connectivity index (χ0n) is 10.3. The smallest absolute Gasteiger partial charge is 0.317 e. The molecule has 8 nitrogen and oxygen atoms in total. The van der Waals surface area contributed by atoms with Crippen LogP contribution in [0.4, 0.5) is 0 Å². The summed E-state index contributed by atoms with van der Waals surface area (Å²) in [5.74, 6) is -1.06. The molecular weight excluding hydrogens is 242 g/mol. The maximum absolute atomic E-state index is 11.2. The van der Waals surface area contributed by atoms with Crippen LogP contribution < -0.4 is 16.0 Å². The Morgan fingerprint density at radius 2 is 1.67 bits per heavy atom. The summed E-state index contributed by atoms with van der Waals surface area (Å²) >= 11 is 0. The average molecular weight is 263 g/mol. The highest BCUT2D eigenvalue weighted by atomic mass is 16.5. The van der Waals surface area contributed by atoms with E-state index >= 15 is 0 Å². The molecule has 0 aliphatic heterocycles. The molecule has 0 spiro atoms. The largest absolute Gasteiger partial charge is 0.480 e. The van der Waals surface area contributed by atoms with Crippen LogP contribution >= 0.6 is 0 Å². The third kappa shape index (κ3) is 12.8. The fraction of sp³-hybridized carbons (Fsp3) is 0.800. The molecule has 0 rings (SSSR count). The van der Waals surface area contributed by atoms with Gasteiger partial charge >= 0.3 is 5.97 Å². The predicted octanol–water partition coefficient (Wildman–Crippen LogP) is -2.62. The lowest BCUT2D eigenvalue weighted by Gasteiger charge is -2.07. The molecule has 0 saturated heterocycles. The van der Waals surface area contributed by atoms with Gasteiger partial charge in [-0.05, 0) is 0 Å². The third-order valence-corrected chi connectivity index (χ3v) is 1.84. The van der Waals surface area contributed by atoms with Crippen molar-refractivity contribution in [2.75, 3.05) is 52.5 Å². The second-order valence-corrected chi connectivity index (χ2v) is 3.43. The fourth-order valence-corrected chi connectivity index (χ4v) is 1.07. The van der Waals surface area contributed by atoms with E-state index in [1.54, 1.807) is 0 Å². The monoisotopic (exact) mass is 263 g/mol. The van der Waals surface area contributed by atoms with Crippen molar-refractivity contribution in [2.45, 2.75) is 0 Å². The number of aliphatic hydroxyl groups excluding tert-OH is 1. The van der Waals surface area contributed by atoms with E-state index < -0.39 is 5.97 Å². The molecule has 0 saturated carbocycles. The molecule has 0 aromatic rings. The van der Waals surface area contributed by atoms with Crippen molar-refractivity contribution in [1.82, 2.24) is 16.0 Å². The number of carbonyl (C=O) groups is 2. The van der Waals surface area contributed by atoms with E-state index in [2.05, 4.69) is 16.0 Å². The fourth-order valence-electron chi connectivity index (χ4n) is 1.07. The second-order valence-electron chi connectivity index (χ2n) is 3.43. The van der Waals surface area contributed by atoms with Crippen LogP contribution in [0.3, 0.4) is 0 Å². The van der Waals surface area contributed by atoms with E-state index in [4.69, 9.17) is 14.9 Å². The number of aliphatic hydroxyl groups is 1. The molecule has 0 aromatic carbocycles. The number of rotatable bonds is 12. The molecule has 0 aliphatic carbocycles. The Kier molecular flexibility index (Phi) is 11.4. The highest BCUT2D eigenvalue weighted by Gasteiger charge is 1.99. The predicted molar refractivity (Wildman–Crippen MR) is 64.3 cm³/mol. The Balaban J connectivity index is 3.19. The van der Waals surface area contributed by atoms with Gasteiger partial charge in [0.2, 0.25) is 5.91 Å². The van der Waals surface area contributed by atoms with Crippen molar-refractivity contribution in [3.8, 4) is 0 Å². The van der Waals surface area contributed by atoms with Crippen LogP contribution in [0.1, 0.15) is 0 Å². The van der Waals surface area contributed by atoms with Crippen LogP contribution in [0.2, 0.25) is 0 Å². The average Bonchev–Trinajstić information content (AvgIpc) is 2.33. The van der Waals surface area contributed by atoms with Gasteiger partial charge in [0.25, 0.3) is 0 Å². The maximum atomic E-state index is 11.2. The number of carbonyl (C=O) groups excluding carboxylic acids is 1. The first-order chi connectivity index (χ1) is 8.66. The van der Waals surface area contributed by atoms with E-state index in [0.29, 0.717) is 26.2 Å². The number of hydrogen-bond acceptors (Lipinski definition) is 6. The van der Waals surface area contributed by atoms with Crippen LogP contribution in [-0.2, 0) is 14.3 Å². The van der Waals surface area contributed by atoms with E-state index in [1.807, 2.05) is 0 Å². The lowest BCUT2D eigenvalue weighted by Crippen LogP contribution is -2.38. The first-order valence-corrected chi connectivity index (χ1v) is 5.75. The van der Waals surface area contributed by atoms with E-state index in [1.165, 1.54) is 0 Å². The lowest BCUT2D eigenvalue weighted by molar-refractivity contribution is -0.136. The number of ether oxygens (including phenoxy) is 1. The summed E-state index contributed by atoms with van der Waals surface area (Å²) in [4.78, 5) is 21.4. The normalized spacial score (nSPS) is 10.3. The summed E-state index contributed by atoms with van der Waals surface area (Å²) in [6.45, 7) is 2.10. The highest BCUT2D eigenvalue weighted by molar-refractivity contribution is 5.77. The van der Waals surface area contributed by atoms with Gasteiger partial charge in [-0.15, -0.1) is 0 Å². The molecule has 0 fully saturated rings. The molecule has 5 N–H and O–H groups in total. The Bertz CT molecular complexity index is 238. The Morgan fingerprint density at radius 3 is 2.28 bits per heavy atom. The quantitative estimate of drug-likeness (QED) is 0.244. The summed E-state index contributed by atoms with van der Waals surface area (Å²) < 4.78 is 4.96. The van der Waals surface area contributed by atoms with E-state index in [0.717, 1.165) is 0 Å². The molecular formula is C10H21N3O5. The number of carboxylic acid groups (broad SMARTS) is 1. The van der Waals surface area contributed by atoms with Crippen molar-refractivity contribution in [2.24, 2.45) is 0 Å². The zero-order valence-corrected chi connectivity index (χ0v) is 10.3. The summed E-state index contributed by atoms with van der Waals surface area (Å²) in [5, 5.41) is 25.0. The van der Waals surface area contributed by atoms with Gasteiger partial charge in [-0.25, -0.2) is 0 Å². The van der Waals surface area contributed by atoms with Crippen LogP contribution in [0.5, 0.6) is 0 Å². The van der Waals surface area contributed by atoms with E-state index in [9.17, 15) is 9.59 Å². The minimum Gasteiger partial charge on any atom is -0.480 e. The van der Waals surface area contributed by atoms with Gasteiger partial charge < -0.3 is 30.9 Å². The van der Waals surface area contributed by atoms with Gasteiger partial charge in [0.15, 0.2) is 0 Å². The topological polar surface area (TPSA) is 120 Å². The number of aliphatic carboxylic acids is 1. The second kappa shape index (κ2) is 12.2.